The number of hydrogen-bond acceptors (Lipinski definition) is 5. The minimum atomic E-state index is -0.629. The largest absolute Gasteiger partial charge is 0.386 e. The van der Waals surface area contributed by atoms with Crippen molar-refractivity contribution in [3.05, 3.63) is 45.7 Å². The Morgan fingerprint density at radius 2 is 2.07 bits per heavy atom. The van der Waals surface area contributed by atoms with Crippen LogP contribution in [0.2, 0.25) is 4.34 Å². The van der Waals surface area contributed by atoms with Crippen LogP contribution < -0.4 is 10.2 Å². The monoisotopic (exact) mass is 521 g/mol. The third-order valence-electron chi connectivity index (χ3n) is 4.22. The van der Waals surface area contributed by atoms with Crippen LogP contribution in [-0.2, 0) is 0 Å². The van der Waals surface area contributed by atoms with E-state index >= 15 is 0 Å². The highest BCUT2D eigenvalue weighted by Gasteiger charge is 2.20. The number of aliphatic hydroxyl groups excluding tert-OH is 1. The van der Waals surface area contributed by atoms with Gasteiger partial charge in [0, 0.05) is 43.8 Å². The second kappa shape index (κ2) is 11.0. The molecule has 0 radical (unpaired) electrons. The lowest BCUT2D eigenvalue weighted by Crippen LogP contribution is -2.52. The molecular formula is C18H25ClIN5OS. The van der Waals surface area contributed by atoms with E-state index in [2.05, 4.69) is 32.0 Å². The van der Waals surface area contributed by atoms with E-state index in [0.717, 1.165) is 49.4 Å². The summed E-state index contributed by atoms with van der Waals surface area (Å²) in [5.74, 6) is 1.86. The van der Waals surface area contributed by atoms with E-state index in [9.17, 15) is 5.11 Å². The SMILES string of the molecule is CCNC(=NCC(O)c1ccc(Cl)s1)N1CCN(c2ccccn2)CC1.I. The number of nitrogens with one attached hydrogen (secondary N) is 1. The third-order valence-corrected chi connectivity index (χ3v) is 5.56. The maximum atomic E-state index is 10.3. The normalized spacial score (nSPS) is 16.0. The van der Waals surface area contributed by atoms with Gasteiger partial charge in [0.1, 0.15) is 11.9 Å². The van der Waals surface area contributed by atoms with Gasteiger partial charge in [-0.3, -0.25) is 4.99 Å². The van der Waals surface area contributed by atoms with Crippen molar-refractivity contribution in [3.8, 4) is 0 Å². The molecule has 148 valence electrons. The Labute approximate surface area is 186 Å². The maximum Gasteiger partial charge on any atom is 0.194 e. The second-order valence-electron chi connectivity index (χ2n) is 6.01. The Morgan fingerprint density at radius 3 is 2.67 bits per heavy atom. The first-order chi connectivity index (χ1) is 12.7. The number of hydrogen-bond donors (Lipinski definition) is 2. The summed E-state index contributed by atoms with van der Waals surface area (Å²) in [6.07, 6.45) is 1.20. The van der Waals surface area contributed by atoms with Crippen LogP contribution in [0.3, 0.4) is 0 Å². The molecule has 1 saturated heterocycles. The lowest BCUT2D eigenvalue weighted by Gasteiger charge is -2.37. The molecule has 2 aromatic rings. The average molecular weight is 522 g/mol. The molecule has 0 saturated carbocycles. The number of rotatable bonds is 5. The Kier molecular flexibility index (Phi) is 9.07. The van der Waals surface area contributed by atoms with Gasteiger partial charge in [-0.05, 0) is 31.2 Å². The van der Waals surface area contributed by atoms with E-state index in [0.29, 0.717) is 10.9 Å². The van der Waals surface area contributed by atoms with Gasteiger partial charge >= 0.3 is 0 Å². The fourth-order valence-corrected chi connectivity index (χ4v) is 3.92. The highest BCUT2D eigenvalue weighted by Crippen LogP contribution is 2.27. The lowest BCUT2D eigenvalue weighted by molar-refractivity contribution is 0.190. The predicted molar refractivity (Wildman–Crippen MR) is 124 cm³/mol. The van der Waals surface area contributed by atoms with Gasteiger partial charge in [0.15, 0.2) is 5.96 Å². The molecule has 6 nitrogen and oxygen atoms in total. The fraction of sp³-hybridized carbons (Fsp3) is 0.444. The number of anilines is 1. The van der Waals surface area contributed by atoms with Crippen LogP contribution in [0.25, 0.3) is 0 Å². The summed E-state index contributed by atoms with van der Waals surface area (Å²) in [7, 11) is 0. The number of halogens is 2. The molecular weight excluding hydrogens is 497 g/mol. The summed E-state index contributed by atoms with van der Waals surface area (Å²) in [4.78, 5) is 14.4. The van der Waals surface area contributed by atoms with Crippen molar-refractivity contribution in [1.29, 1.82) is 0 Å². The van der Waals surface area contributed by atoms with Gasteiger partial charge in [0.25, 0.3) is 0 Å². The van der Waals surface area contributed by atoms with E-state index in [1.54, 1.807) is 6.07 Å². The molecule has 1 unspecified atom stereocenters. The van der Waals surface area contributed by atoms with Crippen LogP contribution in [0.1, 0.15) is 17.9 Å². The number of piperazine rings is 1. The molecule has 1 atom stereocenters. The van der Waals surface area contributed by atoms with Gasteiger partial charge in [-0.1, -0.05) is 17.7 Å². The summed E-state index contributed by atoms with van der Waals surface area (Å²) < 4.78 is 0.681. The minimum Gasteiger partial charge on any atom is -0.386 e. The summed E-state index contributed by atoms with van der Waals surface area (Å²) in [5.41, 5.74) is 0. The van der Waals surface area contributed by atoms with Crippen molar-refractivity contribution >= 4 is 58.7 Å². The van der Waals surface area contributed by atoms with Gasteiger partial charge in [-0.25, -0.2) is 4.98 Å². The highest BCUT2D eigenvalue weighted by molar-refractivity contribution is 14.0. The van der Waals surface area contributed by atoms with Crippen molar-refractivity contribution < 1.29 is 5.11 Å². The van der Waals surface area contributed by atoms with Crippen molar-refractivity contribution in [2.45, 2.75) is 13.0 Å². The lowest BCUT2D eigenvalue weighted by atomic mass is 10.3. The summed E-state index contributed by atoms with van der Waals surface area (Å²) in [6.45, 7) is 6.68. The molecule has 0 bridgehead atoms. The van der Waals surface area contributed by atoms with E-state index in [-0.39, 0.29) is 24.0 Å². The van der Waals surface area contributed by atoms with Crippen LogP contribution in [0.15, 0.2) is 41.5 Å². The molecule has 9 heteroatoms. The van der Waals surface area contributed by atoms with Crippen molar-refractivity contribution in [1.82, 2.24) is 15.2 Å². The predicted octanol–water partition coefficient (Wildman–Crippen LogP) is 3.24. The molecule has 2 aromatic heterocycles. The van der Waals surface area contributed by atoms with E-state index < -0.39 is 6.10 Å². The second-order valence-corrected chi connectivity index (χ2v) is 7.76. The van der Waals surface area contributed by atoms with Crippen LogP contribution in [-0.4, -0.2) is 60.2 Å². The van der Waals surface area contributed by atoms with Gasteiger partial charge in [0.05, 0.1) is 10.9 Å². The first kappa shape index (κ1) is 22.2. The molecule has 3 rings (SSSR count). The fourth-order valence-electron chi connectivity index (χ4n) is 2.88. The summed E-state index contributed by atoms with van der Waals surface area (Å²) >= 11 is 7.34. The van der Waals surface area contributed by atoms with Gasteiger partial charge in [0.2, 0.25) is 0 Å². The molecule has 1 aliphatic heterocycles. The van der Waals surface area contributed by atoms with Crippen LogP contribution in [0.4, 0.5) is 5.82 Å². The first-order valence-electron chi connectivity index (χ1n) is 8.80. The maximum absolute atomic E-state index is 10.3. The molecule has 1 aliphatic rings. The number of aliphatic hydroxyl groups is 1. The smallest absolute Gasteiger partial charge is 0.194 e. The van der Waals surface area contributed by atoms with Crippen LogP contribution in [0, 0.1) is 0 Å². The summed E-state index contributed by atoms with van der Waals surface area (Å²) in [5, 5.41) is 13.6. The highest BCUT2D eigenvalue weighted by atomic mass is 127. The molecule has 0 spiro atoms. The number of pyridine rings is 1. The van der Waals surface area contributed by atoms with Crippen molar-refractivity contribution in [2.75, 3.05) is 44.2 Å². The molecule has 3 heterocycles. The Balaban J connectivity index is 0.00000261. The van der Waals surface area contributed by atoms with E-state index in [4.69, 9.17) is 11.6 Å². The zero-order chi connectivity index (χ0) is 18.4. The van der Waals surface area contributed by atoms with Crippen LogP contribution in [0.5, 0.6) is 0 Å². The first-order valence-corrected chi connectivity index (χ1v) is 9.99. The number of nitrogens with zero attached hydrogens (tertiary/aromatic N) is 4. The number of thiophene rings is 1. The topological polar surface area (TPSA) is 64.0 Å². The molecule has 0 amide bonds. The molecule has 2 N–H and O–H groups in total. The average Bonchev–Trinajstić information content (AvgIpc) is 3.12. The minimum absolute atomic E-state index is 0. The van der Waals surface area contributed by atoms with Crippen molar-refractivity contribution in [3.63, 3.8) is 0 Å². The van der Waals surface area contributed by atoms with Gasteiger partial charge < -0.3 is 20.2 Å². The Hall–Kier alpha value is -1.10. The zero-order valence-electron chi connectivity index (χ0n) is 15.2. The zero-order valence-corrected chi connectivity index (χ0v) is 19.1. The molecule has 0 aromatic carbocycles. The summed E-state index contributed by atoms with van der Waals surface area (Å²) in [6, 6.07) is 9.64. The number of aliphatic imine (C=N–C) groups is 1. The molecule has 0 aliphatic carbocycles. The Bertz CT molecular complexity index is 722. The molecule has 27 heavy (non-hydrogen) atoms. The van der Waals surface area contributed by atoms with E-state index in [1.165, 1.54) is 11.3 Å². The quantitative estimate of drug-likeness (QED) is 0.359. The molecule has 1 fully saturated rings. The van der Waals surface area contributed by atoms with Gasteiger partial charge in [-0.15, -0.1) is 35.3 Å². The van der Waals surface area contributed by atoms with Crippen LogP contribution >= 0.6 is 46.9 Å². The van der Waals surface area contributed by atoms with Gasteiger partial charge in [-0.2, -0.15) is 0 Å². The Morgan fingerprint density at radius 1 is 1.30 bits per heavy atom. The number of guanidine groups is 1. The van der Waals surface area contributed by atoms with Crippen molar-refractivity contribution in [2.24, 2.45) is 4.99 Å². The third kappa shape index (κ3) is 6.20. The van der Waals surface area contributed by atoms with E-state index in [1.807, 2.05) is 30.5 Å². The number of aromatic nitrogens is 1. The standard InChI is InChI=1S/C18H24ClN5OS.HI/c1-2-20-18(22-13-14(25)15-6-7-16(19)26-15)24-11-9-23(10-12-24)17-5-3-4-8-21-17;/h3-8,14,25H,2,9-13H2,1H3,(H,20,22);1H.